The number of amides is 1. The molecule has 0 aliphatic carbocycles. The zero-order valence-electron chi connectivity index (χ0n) is 20.9. The number of carbonyl (C=O) groups is 1. The van der Waals surface area contributed by atoms with Gasteiger partial charge in [-0.2, -0.15) is 5.26 Å². The highest BCUT2D eigenvalue weighted by atomic mass is 16.6. The van der Waals surface area contributed by atoms with Gasteiger partial charge in [-0.25, -0.2) is 0 Å². The van der Waals surface area contributed by atoms with Crippen LogP contribution in [-0.4, -0.2) is 43.0 Å². The summed E-state index contributed by atoms with van der Waals surface area (Å²) in [6, 6.07) is 30.9. The molecule has 1 aliphatic rings. The van der Waals surface area contributed by atoms with Crippen molar-refractivity contribution in [2.75, 3.05) is 6.61 Å². The molecule has 0 bridgehead atoms. The van der Waals surface area contributed by atoms with Crippen molar-refractivity contribution in [2.45, 2.75) is 57.2 Å². The van der Waals surface area contributed by atoms with E-state index in [0.717, 1.165) is 16.7 Å². The molecule has 0 saturated carbocycles. The third-order valence-electron chi connectivity index (χ3n) is 6.15. The second-order valence-electron chi connectivity index (χ2n) is 8.97. The lowest BCUT2D eigenvalue weighted by Crippen LogP contribution is -2.65. The topological polar surface area (TPSA) is 89.8 Å². The van der Waals surface area contributed by atoms with Crippen LogP contribution >= 0.6 is 0 Å². The summed E-state index contributed by atoms with van der Waals surface area (Å²) in [4.78, 5) is 12.1. The summed E-state index contributed by atoms with van der Waals surface area (Å²) in [5.74, 6) is -0.275. The van der Waals surface area contributed by atoms with Gasteiger partial charge in [-0.15, -0.1) is 0 Å². The first kappa shape index (κ1) is 26.5. The standard InChI is InChI=1S/C30H32N2O5/c1-22(33)32-28-26(17-31)37-27(21-34-18-23-11-5-2-6-12-23)29(35-19-24-13-7-3-8-14-24)30(28)36-20-25-15-9-4-10-16-25/h2-16,26-30H,18-21H2,1H3,(H,32,33)/t26-,27-,28+,29-,30-/m1/s1. The van der Waals surface area contributed by atoms with Crippen LogP contribution in [-0.2, 0) is 43.6 Å². The number of hydrogen-bond acceptors (Lipinski definition) is 6. The Bertz CT molecular complexity index is 1140. The van der Waals surface area contributed by atoms with Crippen LogP contribution in [0.2, 0.25) is 0 Å². The lowest BCUT2D eigenvalue weighted by atomic mass is 9.92. The van der Waals surface area contributed by atoms with Crippen LogP contribution in [0.1, 0.15) is 23.6 Å². The maximum Gasteiger partial charge on any atom is 0.217 e. The van der Waals surface area contributed by atoms with Crippen LogP contribution in [0.3, 0.4) is 0 Å². The van der Waals surface area contributed by atoms with E-state index in [4.69, 9.17) is 18.9 Å². The molecule has 3 aromatic rings. The highest BCUT2D eigenvalue weighted by Crippen LogP contribution is 2.28. The Kier molecular flexibility index (Phi) is 9.81. The molecule has 3 aromatic carbocycles. The van der Waals surface area contributed by atoms with Crippen molar-refractivity contribution >= 4 is 5.91 Å². The largest absolute Gasteiger partial charge is 0.374 e. The minimum atomic E-state index is -0.924. The number of nitrogens with one attached hydrogen (secondary N) is 1. The number of ether oxygens (including phenoxy) is 4. The second kappa shape index (κ2) is 13.7. The van der Waals surface area contributed by atoms with Gasteiger partial charge < -0.3 is 24.3 Å². The van der Waals surface area contributed by atoms with E-state index < -0.39 is 30.5 Å². The van der Waals surface area contributed by atoms with Gasteiger partial charge in [0.25, 0.3) is 0 Å². The van der Waals surface area contributed by atoms with Crippen LogP contribution in [0.25, 0.3) is 0 Å². The van der Waals surface area contributed by atoms with Gasteiger partial charge in [-0.3, -0.25) is 4.79 Å². The van der Waals surface area contributed by atoms with Gasteiger partial charge in [0.2, 0.25) is 5.91 Å². The Morgan fingerprint density at radius 1 is 0.811 bits per heavy atom. The van der Waals surface area contributed by atoms with Crippen molar-refractivity contribution in [1.82, 2.24) is 5.32 Å². The predicted octanol–water partition coefficient (Wildman–Crippen LogP) is 4.17. The molecule has 5 atom stereocenters. The molecule has 1 saturated heterocycles. The summed E-state index contributed by atoms with van der Waals surface area (Å²) in [5, 5.41) is 12.8. The molecular weight excluding hydrogens is 468 g/mol. The van der Waals surface area contributed by atoms with Crippen molar-refractivity contribution < 1.29 is 23.7 Å². The first-order valence-corrected chi connectivity index (χ1v) is 12.4. The van der Waals surface area contributed by atoms with Gasteiger partial charge in [0.1, 0.15) is 18.3 Å². The van der Waals surface area contributed by atoms with Gasteiger partial charge in [0.05, 0.1) is 38.5 Å². The molecular formula is C30H32N2O5. The van der Waals surface area contributed by atoms with Crippen LogP contribution < -0.4 is 5.32 Å². The van der Waals surface area contributed by atoms with Crippen LogP contribution in [0.15, 0.2) is 91.0 Å². The molecule has 0 radical (unpaired) electrons. The van der Waals surface area contributed by atoms with Crippen molar-refractivity contribution in [1.29, 1.82) is 5.26 Å². The number of carbonyl (C=O) groups excluding carboxylic acids is 1. The summed E-state index contributed by atoms with van der Waals surface area (Å²) in [6.07, 6.45) is -2.74. The zero-order chi connectivity index (χ0) is 25.9. The van der Waals surface area contributed by atoms with E-state index in [1.807, 2.05) is 91.0 Å². The lowest BCUT2D eigenvalue weighted by molar-refractivity contribution is -0.222. The fourth-order valence-corrected chi connectivity index (χ4v) is 4.38. The van der Waals surface area contributed by atoms with E-state index in [1.165, 1.54) is 6.92 Å². The first-order chi connectivity index (χ1) is 18.1. The summed E-state index contributed by atoms with van der Waals surface area (Å²) >= 11 is 0. The number of nitrogens with zero attached hydrogens (tertiary/aromatic N) is 1. The minimum Gasteiger partial charge on any atom is -0.374 e. The van der Waals surface area contributed by atoms with Gasteiger partial charge in [-0.1, -0.05) is 91.0 Å². The van der Waals surface area contributed by atoms with E-state index in [-0.39, 0.29) is 12.5 Å². The van der Waals surface area contributed by atoms with Crippen molar-refractivity contribution in [3.05, 3.63) is 108 Å². The predicted molar refractivity (Wildman–Crippen MR) is 138 cm³/mol. The molecule has 7 nitrogen and oxygen atoms in total. The van der Waals surface area contributed by atoms with Crippen LogP contribution in [0, 0.1) is 11.3 Å². The Balaban J connectivity index is 1.57. The average Bonchev–Trinajstić information content (AvgIpc) is 2.93. The number of hydrogen-bond donors (Lipinski definition) is 1. The fraction of sp³-hybridized carbons (Fsp3) is 0.333. The van der Waals surface area contributed by atoms with E-state index in [9.17, 15) is 10.1 Å². The molecule has 1 aliphatic heterocycles. The SMILES string of the molecule is CC(=O)N[C@@H]1[C@@H](OCc2ccccc2)[C@H](OCc2ccccc2)[C@@H](COCc2ccccc2)O[C@@H]1C#N. The number of rotatable bonds is 11. The maximum absolute atomic E-state index is 12.1. The highest BCUT2D eigenvalue weighted by Gasteiger charge is 2.48. The molecule has 1 heterocycles. The molecule has 0 aromatic heterocycles. The highest BCUT2D eigenvalue weighted by molar-refractivity contribution is 5.73. The number of nitriles is 1. The van der Waals surface area contributed by atoms with Gasteiger partial charge in [0, 0.05) is 6.92 Å². The van der Waals surface area contributed by atoms with Crippen molar-refractivity contribution in [3.63, 3.8) is 0 Å². The second-order valence-corrected chi connectivity index (χ2v) is 8.97. The summed E-state index contributed by atoms with van der Waals surface area (Å²) < 4.78 is 25.0. The summed E-state index contributed by atoms with van der Waals surface area (Å²) in [7, 11) is 0. The van der Waals surface area contributed by atoms with Gasteiger partial charge >= 0.3 is 0 Å². The molecule has 4 rings (SSSR count). The quantitative estimate of drug-likeness (QED) is 0.425. The average molecular weight is 501 g/mol. The smallest absolute Gasteiger partial charge is 0.217 e. The van der Waals surface area contributed by atoms with Crippen LogP contribution in [0.4, 0.5) is 0 Å². The van der Waals surface area contributed by atoms with Crippen molar-refractivity contribution in [3.8, 4) is 6.07 Å². The molecule has 1 N–H and O–H groups in total. The normalized spacial score (nSPS) is 23.2. The minimum absolute atomic E-state index is 0.199. The third kappa shape index (κ3) is 7.72. The lowest BCUT2D eigenvalue weighted by Gasteiger charge is -2.44. The maximum atomic E-state index is 12.1. The molecule has 0 unspecified atom stereocenters. The van der Waals surface area contributed by atoms with Crippen LogP contribution in [0.5, 0.6) is 0 Å². The molecule has 37 heavy (non-hydrogen) atoms. The fourth-order valence-electron chi connectivity index (χ4n) is 4.38. The Labute approximate surface area is 217 Å². The Morgan fingerprint density at radius 3 is 1.78 bits per heavy atom. The van der Waals surface area contributed by atoms with E-state index in [2.05, 4.69) is 11.4 Å². The molecule has 1 amide bonds. The van der Waals surface area contributed by atoms with E-state index in [0.29, 0.717) is 19.8 Å². The molecule has 1 fully saturated rings. The molecule has 0 spiro atoms. The Morgan fingerprint density at radius 2 is 1.30 bits per heavy atom. The number of benzene rings is 3. The monoisotopic (exact) mass is 500 g/mol. The van der Waals surface area contributed by atoms with E-state index >= 15 is 0 Å². The van der Waals surface area contributed by atoms with E-state index in [1.54, 1.807) is 0 Å². The van der Waals surface area contributed by atoms with Crippen molar-refractivity contribution in [2.24, 2.45) is 0 Å². The summed E-state index contributed by atoms with van der Waals surface area (Å²) in [6.45, 7) is 2.62. The molecule has 7 heteroatoms. The third-order valence-corrected chi connectivity index (χ3v) is 6.15. The summed E-state index contributed by atoms with van der Waals surface area (Å²) in [5.41, 5.74) is 3.00. The van der Waals surface area contributed by atoms with Gasteiger partial charge in [0.15, 0.2) is 6.10 Å². The first-order valence-electron chi connectivity index (χ1n) is 12.4. The molecule has 192 valence electrons. The zero-order valence-corrected chi connectivity index (χ0v) is 20.9. The van der Waals surface area contributed by atoms with Gasteiger partial charge in [-0.05, 0) is 16.7 Å². The Hall–Kier alpha value is -3.54.